The summed E-state index contributed by atoms with van der Waals surface area (Å²) in [5.41, 5.74) is -3.39. The van der Waals surface area contributed by atoms with Gasteiger partial charge in [0.1, 0.15) is 5.49 Å². The van der Waals surface area contributed by atoms with Crippen molar-refractivity contribution in [2.75, 3.05) is 6.61 Å². The maximum absolute atomic E-state index is 13.3. The molecule has 1 N–H and O–H groups in total. The van der Waals surface area contributed by atoms with Gasteiger partial charge in [0, 0.05) is 18.8 Å². The van der Waals surface area contributed by atoms with Crippen molar-refractivity contribution < 1.29 is 27.8 Å². The van der Waals surface area contributed by atoms with Crippen LogP contribution in [0.4, 0.5) is 18.9 Å². The molecule has 2 aromatic rings. The summed E-state index contributed by atoms with van der Waals surface area (Å²) in [5.74, 6) is -1.76. The lowest BCUT2D eigenvalue weighted by molar-refractivity contribution is -0.267. The van der Waals surface area contributed by atoms with Crippen LogP contribution in [-0.2, 0) is 22.2 Å². The number of alkyl halides is 3. The van der Waals surface area contributed by atoms with Crippen molar-refractivity contribution in [3.05, 3.63) is 59.7 Å². The number of benzene rings is 1. The topological polar surface area (TPSA) is 63.8 Å². The van der Waals surface area contributed by atoms with Gasteiger partial charge in [-0.2, -0.15) is 13.2 Å². The third kappa shape index (κ3) is 3.74. The molecule has 0 amide bonds. The van der Waals surface area contributed by atoms with Crippen LogP contribution in [0.1, 0.15) is 12.5 Å². The van der Waals surface area contributed by atoms with Crippen LogP contribution < -0.4 is 5.49 Å². The van der Waals surface area contributed by atoms with E-state index < -0.39 is 23.3 Å². The predicted octanol–water partition coefficient (Wildman–Crippen LogP) is 2.57. The Morgan fingerprint density at radius 2 is 1.84 bits per heavy atom. The second kappa shape index (κ2) is 7.10. The normalized spacial score (nSPS) is 14.9. The standard InChI is InChI=1S/C17H17F3N2O3/c1-3-25-15(23)16(24,17(18,19)20)12-7-9-13(10-8-12)21-14-6-4-5-11-22(14)2/h4-11,24H,3H2,1-2H3/t16-/m0/s1. The van der Waals surface area contributed by atoms with Crippen LogP contribution in [0.15, 0.2) is 53.7 Å². The summed E-state index contributed by atoms with van der Waals surface area (Å²) < 4.78 is 46.0. The predicted molar refractivity (Wildman–Crippen MR) is 83.7 cm³/mol. The number of nitrogens with zero attached hydrogens (tertiary/aromatic N) is 2. The first kappa shape index (κ1) is 18.7. The average Bonchev–Trinajstić information content (AvgIpc) is 2.56. The smallest absolute Gasteiger partial charge is 0.432 e. The van der Waals surface area contributed by atoms with E-state index in [1.165, 1.54) is 19.1 Å². The molecule has 0 aliphatic heterocycles. The number of carbonyl (C=O) groups is 1. The van der Waals surface area contributed by atoms with Crippen LogP contribution in [0.2, 0.25) is 0 Å². The minimum Gasteiger partial charge on any atom is -0.463 e. The van der Waals surface area contributed by atoms with Crippen LogP contribution in [0.5, 0.6) is 0 Å². The first-order valence-electron chi connectivity index (χ1n) is 7.43. The van der Waals surface area contributed by atoms with Gasteiger partial charge in [-0.25, -0.2) is 9.79 Å². The van der Waals surface area contributed by atoms with E-state index in [1.54, 1.807) is 29.9 Å². The number of esters is 1. The van der Waals surface area contributed by atoms with Crippen LogP contribution in [0.25, 0.3) is 0 Å². The van der Waals surface area contributed by atoms with E-state index in [4.69, 9.17) is 0 Å². The Morgan fingerprint density at radius 3 is 2.36 bits per heavy atom. The molecule has 5 nitrogen and oxygen atoms in total. The van der Waals surface area contributed by atoms with Crippen LogP contribution in [0, 0.1) is 0 Å². The van der Waals surface area contributed by atoms with Crippen molar-refractivity contribution in [2.45, 2.75) is 18.7 Å². The Bertz CT molecular complexity index is 813. The Kier molecular flexibility index (Phi) is 5.32. The van der Waals surface area contributed by atoms with Crippen molar-refractivity contribution in [2.24, 2.45) is 12.0 Å². The number of rotatable bonds is 4. The first-order chi connectivity index (χ1) is 11.7. The highest BCUT2D eigenvalue weighted by Crippen LogP contribution is 2.40. The largest absolute Gasteiger partial charge is 0.463 e. The molecule has 0 fully saturated rings. The number of pyridine rings is 1. The summed E-state index contributed by atoms with van der Waals surface area (Å²) in [6, 6.07) is 9.91. The second-order valence-electron chi connectivity index (χ2n) is 5.26. The Hall–Kier alpha value is -2.61. The lowest BCUT2D eigenvalue weighted by Crippen LogP contribution is -2.50. The molecular weight excluding hydrogens is 337 g/mol. The quantitative estimate of drug-likeness (QED) is 0.859. The summed E-state index contributed by atoms with van der Waals surface area (Å²) >= 11 is 0. The lowest BCUT2D eigenvalue weighted by Gasteiger charge is -2.28. The van der Waals surface area contributed by atoms with Gasteiger partial charge >= 0.3 is 12.1 Å². The summed E-state index contributed by atoms with van der Waals surface area (Å²) in [5, 5.41) is 10.0. The second-order valence-corrected chi connectivity index (χ2v) is 5.26. The number of hydrogen-bond acceptors (Lipinski definition) is 4. The van der Waals surface area contributed by atoms with E-state index in [1.807, 2.05) is 6.07 Å². The molecule has 0 unspecified atom stereocenters. The van der Waals surface area contributed by atoms with Crippen molar-refractivity contribution in [3.8, 4) is 0 Å². The van der Waals surface area contributed by atoms with E-state index in [9.17, 15) is 23.1 Å². The maximum Gasteiger partial charge on any atom is 0.432 e. The summed E-state index contributed by atoms with van der Waals surface area (Å²) in [7, 11) is 1.77. The molecule has 1 aromatic carbocycles. The third-order valence-electron chi connectivity index (χ3n) is 3.54. The maximum atomic E-state index is 13.3. The molecule has 0 radical (unpaired) electrons. The van der Waals surface area contributed by atoms with Crippen LogP contribution in [-0.4, -0.2) is 28.4 Å². The SMILES string of the molecule is CCOC(=O)[C@@](O)(c1ccc(N=c2ccccn2C)cc1)C(F)(F)F. The first-order valence-corrected chi connectivity index (χ1v) is 7.43. The number of aliphatic hydroxyl groups is 1. The molecule has 0 bridgehead atoms. The van der Waals surface area contributed by atoms with E-state index in [0.29, 0.717) is 11.2 Å². The van der Waals surface area contributed by atoms with E-state index in [-0.39, 0.29) is 6.61 Å². The number of aromatic nitrogens is 1. The number of hydrogen-bond donors (Lipinski definition) is 1. The molecule has 8 heteroatoms. The Morgan fingerprint density at radius 1 is 1.20 bits per heavy atom. The number of carbonyl (C=O) groups excluding carboxylic acids is 1. The van der Waals surface area contributed by atoms with Crippen molar-refractivity contribution in [3.63, 3.8) is 0 Å². The fraction of sp³-hybridized carbons (Fsp3) is 0.294. The average molecular weight is 354 g/mol. The zero-order chi connectivity index (χ0) is 18.7. The molecule has 1 aromatic heterocycles. The zero-order valence-electron chi connectivity index (χ0n) is 13.6. The fourth-order valence-electron chi connectivity index (χ4n) is 2.17. The van der Waals surface area contributed by atoms with Crippen LogP contribution >= 0.6 is 0 Å². The van der Waals surface area contributed by atoms with Crippen molar-refractivity contribution >= 4 is 11.7 Å². The molecule has 1 atom stereocenters. The molecule has 2 rings (SSSR count). The molecule has 0 aliphatic rings. The molecule has 0 saturated heterocycles. The lowest BCUT2D eigenvalue weighted by atomic mass is 9.93. The molecule has 25 heavy (non-hydrogen) atoms. The molecule has 0 aliphatic carbocycles. The minimum atomic E-state index is -5.22. The molecule has 134 valence electrons. The van der Waals surface area contributed by atoms with E-state index >= 15 is 0 Å². The van der Waals surface area contributed by atoms with Gasteiger partial charge in [0.25, 0.3) is 5.60 Å². The van der Waals surface area contributed by atoms with Gasteiger partial charge in [0.2, 0.25) is 0 Å². The van der Waals surface area contributed by atoms with Crippen molar-refractivity contribution in [1.29, 1.82) is 0 Å². The fourth-order valence-corrected chi connectivity index (χ4v) is 2.17. The monoisotopic (exact) mass is 354 g/mol. The molecular formula is C17H17F3N2O3. The van der Waals surface area contributed by atoms with Gasteiger partial charge in [-0.3, -0.25) is 0 Å². The van der Waals surface area contributed by atoms with Crippen molar-refractivity contribution in [1.82, 2.24) is 4.57 Å². The van der Waals surface area contributed by atoms with Gasteiger partial charge < -0.3 is 14.4 Å². The van der Waals surface area contributed by atoms with Gasteiger partial charge in [-0.05, 0) is 31.2 Å². The van der Waals surface area contributed by atoms with Gasteiger partial charge in [-0.1, -0.05) is 18.2 Å². The minimum absolute atomic E-state index is 0.283. The van der Waals surface area contributed by atoms with Gasteiger partial charge in [-0.15, -0.1) is 0 Å². The van der Waals surface area contributed by atoms with Gasteiger partial charge in [0.05, 0.1) is 12.3 Å². The Balaban J connectivity index is 2.45. The number of ether oxygens (including phenoxy) is 1. The number of aryl methyl sites for hydroxylation is 1. The summed E-state index contributed by atoms with van der Waals surface area (Å²) in [6.45, 7) is 1.08. The van der Waals surface area contributed by atoms with Crippen LogP contribution in [0.3, 0.4) is 0 Å². The highest BCUT2D eigenvalue weighted by atomic mass is 19.4. The molecule has 0 saturated carbocycles. The van der Waals surface area contributed by atoms with E-state index in [2.05, 4.69) is 9.73 Å². The highest BCUT2D eigenvalue weighted by Gasteiger charge is 2.62. The number of halogens is 3. The van der Waals surface area contributed by atoms with Gasteiger partial charge in [0.15, 0.2) is 0 Å². The molecule has 1 heterocycles. The Labute approximate surface area is 142 Å². The summed E-state index contributed by atoms with van der Waals surface area (Å²) in [4.78, 5) is 16.0. The van der Waals surface area contributed by atoms with E-state index in [0.717, 1.165) is 12.1 Å². The summed E-state index contributed by atoms with van der Waals surface area (Å²) in [6.07, 6.45) is -3.44. The highest BCUT2D eigenvalue weighted by molar-refractivity contribution is 5.82. The zero-order valence-corrected chi connectivity index (χ0v) is 13.6. The third-order valence-corrected chi connectivity index (χ3v) is 3.54. The molecule has 0 spiro atoms.